The zero-order chi connectivity index (χ0) is 14.2. The summed E-state index contributed by atoms with van der Waals surface area (Å²) in [6, 6.07) is 0. The highest BCUT2D eigenvalue weighted by Crippen LogP contribution is 2.37. The van der Waals surface area contributed by atoms with E-state index in [0.29, 0.717) is 19.3 Å². The third-order valence-electron chi connectivity index (χ3n) is 4.41. The first-order chi connectivity index (χ1) is 8.90. The average Bonchev–Trinajstić information content (AvgIpc) is 2.60. The van der Waals surface area contributed by atoms with Crippen molar-refractivity contribution in [3.8, 4) is 0 Å². The van der Waals surface area contributed by atoms with Crippen LogP contribution >= 0.6 is 0 Å². The second-order valence-corrected chi connectivity index (χ2v) is 5.97. The van der Waals surface area contributed by atoms with Crippen LogP contribution in [0.4, 0.5) is 0 Å². The van der Waals surface area contributed by atoms with E-state index in [2.05, 4.69) is 0 Å². The van der Waals surface area contributed by atoms with Crippen molar-refractivity contribution in [2.45, 2.75) is 52.2 Å². The lowest BCUT2D eigenvalue weighted by Crippen LogP contribution is -2.35. The number of Topliss-reactive ketones (excluding diaryl/α,β-unsaturated/α-hetero) is 1. The summed E-state index contributed by atoms with van der Waals surface area (Å²) >= 11 is 0. The van der Waals surface area contributed by atoms with Crippen LogP contribution in [0.5, 0.6) is 0 Å². The lowest BCUT2D eigenvalue weighted by molar-refractivity contribution is -0.143. The van der Waals surface area contributed by atoms with Gasteiger partial charge in [-0.3, -0.25) is 9.59 Å². The molecule has 0 radical (unpaired) electrons. The van der Waals surface area contributed by atoms with Gasteiger partial charge >= 0.3 is 5.97 Å². The predicted octanol–water partition coefficient (Wildman–Crippen LogP) is 1.86. The molecular formula is C15H22O4. The summed E-state index contributed by atoms with van der Waals surface area (Å²) in [5.41, 5.74) is 1.05. The minimum Gasteiger partial charge on any atom is -0.461 e. The lowest BCUT2D eigenvalue weighted by Gasteiger charge is -2.27. The Morgan fingerprint density at radius 2 is 2.00 bits per heavy atom. The van der Waals surface area contributed by atoms with Gasteiger partial charge in [-0.05, 0) is 13.3 Å². The third-order valence-corrected chi connectivity index (χ3v) is 4.41. The summed E-state index contributed by atoms with van der Waals surface area (Å²) in [5, 5.41) is 10.4. The molecule has 1 saturated heterocycles. The number of rotatable bonds is 0. The number of aliphatic hydroxyl groups excluding tert-OH is 1. The zero-order valence-electron chi connectivity index (χ0n) is 11.8. The van der Waals surface area contributed by atoms with Crippen LogP contribution in [0.25, 0.3) is 0 Å². The molecule has 0 bridgehead atoms. The number of carbonyl (C=O) groups is 2. The Morgan fingerprint density at radius 1 is 1.32 bits per heavy atom. The Bertz CT molecular complexity index is 412. The van der Waals surface area contributed by atoms with Gasteiger partial charge in [0.2, 0.25) is 0 Å². The number of carbonyl (C=O) groups excluding carboxylic acids is 2. The molecule has 2 aliphatic rings. The Kier molecular flexibility index (Phi) is 4.09. The molecule has 1 aliphatic carbocycles. The topological polar surface area (TPSA) is 63.6 Å². The van der Waals surface area contributed by atoms with Crippen molar-refractivity contribution >= 4 is 11.8 Å². The normalized spacial score (nSPS) is 40.4. The number of aliphatic hydroxyl groups is 1. The van der Waals surface area contributed by atoms with E-state index in [4.69, 9.17) is 4.74 Å². The Balaban J connectivity index is 2.28. The molecule has 1 fully saturated rings. The van der Waals surface area contributed by atoms with Crippen LogP contribution in [-0.2, 0) is 14.3 Å². The molecule has 0 aromatic carbocycles. The fourth-order valence-corrected chi connectivity index (χ4v) is 3.10. The van der Waals surface area contributed by atoms with Crippen molar-refractivity contribution in [2.24, 2.45) is 17.8 Å². The SMILES string of the molecule is CC1=CCC(=O)C(C)CC(O)C2C(C1)OC(=O)C2C. The highest BCUT2D eigenvalue weighted by Gasteiger charge is 2.46. The summed E-state index contributed by atoms with van der Waals surface area (Å²) in [4.78, 5) is 23.6. The number of hydrogen-bond donors (Lipinski definition) is 1. The Morgan fingerprint density at radius 3 is 2.68 bits per heavy atom. The highest BCUT2D eigenvalue weighted by molar-refractivity contribution is 5.82. The molecule has 4 heteroatoms. The molecule has 106 valence electrons. The van der Waals surface area contributed by atoms with Crippen LogP contribution < -0.4 is 0 Å². The van der Waals surface area contributed by atoms with E-state index >= 15 is 0 Å². The second kappa shape index (κ2) is 5.45. The van der Waals surface area contributed by atoms with Gasteiger partial charge in [0.1, 0.15) is 11.9 Å². The molecule has 1 aliphatic heterocycles. The van der Waals surface area contributed by atoms with Gasteiger partial charge in [0.15, 0.2) is 0 Å². The molecule has 2 rings (SSSR count). The third kappa shape index (κ3) is 2.89. The minimum absolute atomic E-state index is 0.148. The molecule has 1 heterocycles. The Labute approximate surface area is 113 Å². The highest BCUT2D eigenvalue weighted by atomic mass is 16.6. The minimum atomic E-state index is -0.656. The first kappa shape index (κ1) is 14.3. The van der Waals surface area contributed by atoms with E-state index < -0.39 is 6.10 Å². The van der Waals surface area contributed by atoms with E-state index in [1.807, 2.05) is 19.9 Å². The molecule has 5 unspecified atom stereocenters. The lowest BCUT2D eigenvalue weighted by atomic mass is 9.79. The van der Waals surface area contributed by atoms with Crippen LogP contribution in [0.2, 0.25) is 0 Å². The maximum atomic E-state index is 11.9. The average molecular weight is 266 g/mol. The van der Waals surface area contributed by atoms with Gasteiger partial charge in [-0.25, -0.2) is 0 Å². The number of ether oxygens (including phenoxy) is 1. The predicted molar refractivity (Wildman–Crippen MR) is 70.3 cm³/mol. The quantitative estimate of drug-likeness (QED) is 0.537. The molecule has 19 heavy (non-hydrogen) atoms. The summed E-state index contributed by atoms with van der Waals surface area (Å²) in [6.45, 7) is 5.58. The van der Waals surface area contributed by atoms with E-state index in [1.54, 1.807) is 6.92 Å². The molecule has 0 spiro atoms. The van der Waals surface area contributed by atoms with Crippen LogP contribution in [-0.4, -0.2) is 29.1 Å². The van der Waals surface area contributed by atoms with Crippen LogP contribution in [0.15, 0.2) is 11.6 Å². The van der Waals surface area contributed by atoms with E-state index in [0.717, 1.165) is 5.57 Å². The molecule has 0 aromatic rings. The molecule has 5 atom stereocenters. The van der Waals surface area contributed by atoms with Crippen molar-refractivity contribution in [3.05, 3.63) is 11.6 Å². The number of hydrogen-bond acceptors (Lipinski definition) is 4. The number of fused-ring (bicyclic) bond motifs is 1. The van der Waals surface area contributed by atoms with Crippen LogP contribution in [0.3, 0.4) is 0 Å². The molecule has 1 N–H and O–H groups in total. The molecule has 0 amide bonds. The van der Waals surface area contributed by atoms with E-state index in [-0.39, 0.29) is 35.6 Å². The van der Waals surface area contributed by atoms with Crippen molar-refractivity contribution in [1.82, 2.24) is 0 Å². The number of ketones is 1. The van der Waals surface area contributed by atoms with Gasteiger partial charge in [0, 0.05) is 24.7 Å². The summed E-state index contributed by atoms with van der Waals surface area (Å²) < 4.78 is 5.39. The fraction of sp³-hybridized carbons (Fsp3) is 0.733. The monoisotopic (exact) mass is 266 g/mol. The van der Waals surface area contributed by atoms with Crippen LogP contribution in [0.1, 0.15) is 40.0 Å². The standard InChI is InChI=1S/C15H22O4/c1-8-4-5-11(16)9(2)7-12(17)14-10(3)15(18)19-13(14)6-8/h4,9-10,12-14,17H,5-7H2,1-3H3. The fourth-order valence-electron chi connectivity index (χ4n) is 3.10. The van der Waals surface area contributed by atoms with Gasteiger partial charge in [-0.1, -0.05) is 25.5 Å². The van der Waals surface area contributed by atoms with Gasteiger partial charge in [-0.15, -0.1) is 0 Å². The van der Waals surface area contributed by atoms with Crippen LogP contribution in [0, 0.1) is 17.8 Å². The van der Waals surface area contributed by atoms with Gasteiger partial charge < -0.3 is 9.84 Å². The van der Waals surface area contributed by atoms with Gasteiger partial charge in [-0.2, -0.15) is 0 Å². The first-order valence-electron chi connectivity index (χ1n) is 6.97. The van der Waals surface area contributed by atoms with Crippen molar-refractivity contribution in [2.75, 3.05) is 0 Å². The first-order valence-corrected chi connectivity index (χ1v) is 6.97. The maximum absolute atomic E-state index is 11.9. The number of allylic oxidation sites excluding steroid dienone is 1. The second-order valence-electron chi connectivity index (χ2n) is 5.97. The summed E-state index contributed by atoms with van der Waals surface area (Å²) in [7, 11) is 0. The van der Waals surface area contributed by atoms with Crippen molar-refractivity contribution in [3.63, 3.8) is 0 Å². The smallest absolute Gasteiger partial charge is 0.309 e. The largest absolute Gasteiger partial charge is 0.461 e. The van der Waals surface area contributed by atoms with Gasteiger partial charge in [0.25, 0.3) is 0 Å². The van der Waals surface area contributed by atoms with Crippen molar-refractivity contribution in [1.29, 1.82) is 0 Å². The maximum Gasteiger partial charge on any atom is 0.309 e. The van der Waals surface area contributed by atoms with E-state index in [9.17, 15) is 14.7 Å². The summed E-state index contributed by atoms with van der Waals surface area (Å²) in [5.74, 6) is -0.769. The molecule has 0 saturated carbocycles. The number of esters is 1. The molecule has 4 nitrogen and oxygen atoms in total. The van der Waals surface area contributed by atoms with Gasteiger partial charge in [0.05, 0.1) is 12.0 Å². The molecular weight excluding hydrogens is 244 g/mol. The zero-order valence-corrected chi connectivity index (χ0v) is 11.8. The Hall–Kier alpha value is -1.16. The van der Waals surface area contributed by atoms with Crippen molar-refractivity contribution < 1.29 is 19.4 Å². The summed E-state index contributed by atoms with van der Waals surface area (Å²) in [6.07, 6.45) is 2.43. The molecule has 0 aromatic heterocycles. The van der Waals surface area contributed by atoms with E-state index in [1.165, 1.54) is 0 Å².